The van der Waals surface area contributed by atoms with Crippen LogP contribution in [0.5, 0.6) is 0 Å². The molecule has 0 bridgehead atoms. The van der Waals surface area contributed by atoms with Crippen molar-refractivity contribution in [3.8, 4) is 0 Å². The van der Waals surface area contributed by atoms with Gasteiger partial charge in [0.2, 0.25) is 0 Å². The number of likely N-dealkylation sites (tertiary alicyclic amines) is 1. The predicted molar refractivity (Wildman–Crippen MR) is 80.0 cm³/mol. The molecule has 0 unspecified atom stereocenters. The van der Waals surface area contributed by atoms with Crippen LogP contribution in [-0.4, -0.2) is 36.2 Å². The van der Waals surface area contributed by atoms with Gasteiger partial charge in [-0.3, -0.25) is 4.79 Å². The molecule has 0 atom stereocenters. The zero-order valence-corrected chi connectivity index (χ0v) is 12.9. The van der Waals surface area contributed by atoms with Gasteiger partial charge in [-0.25, -0.2) is 4.39 Å². The Bertz CT molecular complexity index is 664. The molecule has 1 amide bonds. The number of hydrogen-bond acceptors (Lipinski definition) is 3. The van der Waals surface area contributed by atoms with E-state index in [2.05, 4.69) is 10.5 Å². The number of alkyl halides is 3. The molecule has 0 aromatic heterocycles. The number of benzene rings is 1. The maximum absolute atomic E-state index is 13.4. The predicted octanol–water partition coefficient (Wildman–Crippen LogP) is 2.90. The number of carbonyl (C=O) groups is 1. The van der Waals surface area contributed by atoms with Gasteiger partial charge in [0.15, 0.2) is 0 Å². The van der Waals surface area contributed by atoms with E-state index in [9.17, 15) is 22.4 Å². The van der Waals surface area contributed by atoms with E-state index < -0.39 is 23.5 Å². The molecule has 8 heteroatoms. The van der Waals surface area contributed by atoms with Gasteiger partial charge < -0.3 is 10.3 Å². The van der Waals surface area contributed by atoms with Crippen LogP contribution in [0.3, 0.4) is 0 Å². The summed E-state index contributed by atoms with van der Waals surface area (Å²) < 4.78 is 52.8. The van der Waals surface area contributed by atoms with Gasteiger partial charge in [0.25, 0.3) is 5.91 Å². The normalized spacial score (nSPS) is 19.2. The molecule has 2 aliphatic heterocycles. The number of amides is 1. The van der Waals surface area contributed by atoms with E-state index in [1.807, 2.05) is 0 Å². The summed E-state index contributed by atoms with van der Waals surface area (Å²) in [7, 11) is 0. The molecule has 0 spiro atoms. The quantitative estimate of drug-likeness (QED) is 0.840. The Hall–Kier alpha value is -2.12. The van der Waals surface area contributed by atoms with E-state index >= 15 is 0 Å². The summed E-state index contributed by atoms with van der Waals surface area (Å²) >= 11 is 0. The molecule has 4 nitrogen and oxygen atoms in total. The monoisotopic (exact) mass is 343 g/mol. The van der Waals surface area contributed by atoms with Crippen molar-refractivity contribution in [2.24, 2.45) is 5.10 Å². The topological polar surface area (TPSA) is 44.7 Å². The van der Waals surface area contributed by atoms with Gasteiger partial charge in [-0.2, -0.15) is 18.3 Å². The minimum Gasteiger partial charge on any atom is -0.338 e. The average Bonchev–Trinajstić information content (AvgIpc) is 3.07. The van der Waals surface area contributed by atoms with Crippen LogP contribution in [0.25, 0.3) is 0 Å². The van der Waals surface area contributed by atoms with E-state index in [0.29, 0.717) is 44.6 Å². The van der Waals surface area contributed by atoms with E-state index in [4.69, 9.17) is 0 Å². The third-order valence-electron chi connectivity index (χ3n) is 4.48. The highest BCUT2D eigenvalue weighted by Gasteiger charge is 2.37. The van der Waals surface area contributed by atoms with Crippen LogP contribution in [0.2, 0.25) is 0 Å². The first-order valence-electron chi connectivity index (χ1n) is 7.81. The number of carbonyl (C=O) groups excluding carboxylic acids is 1. The van der Waals surface area contributed by atoms with Gasteiger partial charge in [-0.1, -0.05) is 0 Å². The van der Waals surface area contributed by atoms with E-state index in [-0.39, 0.29) is 11.5 Å². The van der Waals surface area contributed by atoms with Crippen molar-refractivity contribution in [2.75, 3.05) is 19.6 Å². The van der Waals surface area contributed by atoms with Crippen LogP contribution < -0.4 is 5.43 Å². The molecule has 24 heavy (non-hydrogen) atoms. The molecule has 1 aromatic carbocycles. The summed E-state index contributed by atoms with van der Waals surface area (Å²) in [6, 6.07) is 2.59. The maximum Gasteiger partial charge on any atom is 0.416 e. The van der Waals surface area contributed by atoms with Gasteiger partial charge in [0.1, 0.15) is 11.5 Å². The molecule has 0 aliphatic carbocycles. The second kappa shape index (κ2) is 6.41. The van der Waals surface area contributed by atoms with Crippen molar-refractivity contribution in [3.05, 3.63) is 35.1 Å². The van der Waals surface area contributed by atoms with Crippen LogP contribution in [0.15, 0.2) is 23.3 Å². The van der Waals surface area contributed by atoms with Crippen molar-refractivity contribution < 1.29 is 22.4 Å². The molecule has 3 rings (SSSR count). The van der Waals surface area contributed by atoms with Crippen LogP contribution in [0.4, 0.5) is 17.6 Å². The highest BCUT2D eigenvalue weighted by Crippen LogP contribution is 2.39. The van der Waals surface area contributed by atoms with Gasteiger partial charge in [-0.15, -0.1) is 0 Å². The average molecular weight is 343 g/mol. The number of halogens is 4. The standard InChI is InChI=1S/C16H17F4N3O/c17-11-1-2-13(16(18,19)20)12(9-11)10-4-7-23(8-5-10)15(24)14-3-6-21-22-14/h1-2,9-10,21H,3-8H2. The fraction of sp³-hybridized carbons (Fsp3) is 0.500. The maximum atomic E-state index is 13.4. The lowest BCUT2D eigenvalue weighted by molar-refractivity contribution is -0.138. The number of nitrogens with one attached hydrogen (secondary N) is 1. The third kappa shape index (κ3) is 3.37. The molecular weight excluding hydrogens is 326 g/mol. The van der Waals surface area contributed by atoms with E-state index in [1.54, 1.807) is 4.90 Å². The Morgan fingerprint density at radius 3 is 2.54 bits per heavy atom. The molecule has 130 valence electrons. The molecule has 1 aromatic rings. The fourth-order valence-corrected chi connectivity index (χ4v) is 3.24. The first-order valence-corrected chi connectivity index (χ1v) is 7.81. The molecule has 0 radical (unpaired) electrons. The van der Waals surface area contributed by atoms with Gasteiger partial charge in [-0.05, 0) is 42.5 Å². The first kappa shape index (κ1) is 16.7. The van der Waals surface area contributed by atoms with Gasteiger partial charge in [0.05, 0.1) is 5.56 Å². The summed E-state index contributed by atoms with van der Waals surface area (Å²) in [5.41, 5.74) is 2.37. The molecule has 2 heterocycles. The zero-order chi connectivity index (χ0) is 17.3. The molecule has 2 aliphatic rings. The Balaban J connectivity index is 1.73. The Morgan fingerprint density at radius 2 is 1.96 bits per heavy atom. The third-order valence-corrected chi connectivity index (χ3v) is 4.48. The van der Waals surface area contributed by atoms with Crippen molar-refractivity contribution in [3.63, 3.8) is 0 Å². The zero-order valence-electron chi connectivity index (χ0n) is 12.9. The SMILES string of the molecule is O=C(C1=NNCC1)N1CCC(c2cc(F)ccc2C(F)(F)F)CC1. The Morgan fingerprint density at radius 1 is 1.25 bits per heavy atom. The highest BCUT2D eigenvalue weighted by molar-refractivity contribution is 6.39. The number of hydrazone groups is 1. The minimum absolute atomic E-state index is 0.0190. The number of piperidine rings is 1. The summed E-state index contributed by atoms with van der Waals surface area (Å²) in [6.45, 7) is 1.31. The first-order chi connectivity index (χ1) is 11.4. The van der Waals surface area contributed by atoms with Crippen LogP contribution in [-0.2, 0) is 11.0 Å². The summed E-state index contributed by atoms with van der Waals surface area (Å²) in [5, 5.41) is 3.92. The van der Waals surface area contributed by atoms with Crippen molar-refractivity contribution in [1.29, 1.82) is 0 Å². The lowest BCUT2D eigenvalue weighted by atomic mass is 9.86. The molecular formula is C16H17F4N3O. The Kier molecular flexibility index (Phi) is 4.47. The van der Waals surface area contributed by atoms with Crippen LogP contribution in [0, 0.1) is 5.82 Å². The van der Waals surface area contributed by atoms with Gasteiger partial charge >= 0.3 is 6.18 Å². The smallest absolute Gasteiger partial charge is 0.338 e. The van der Waals surface area contributed by atoms with Crippen LogP contribution in [0.1, 0.15) is 36.3 Å². The fourth-order valence-electron chi connectivity index (χ4n) is 3.24. The number of hydrogen-bond donors (Lipinski definition) is 1. The van der Waals surface area contributed by atoms with E-state index in [0.717, 1.165) is 18.2 Å². The molecule has 1 N–H and O–H groups in total. The van der Waals surface area contributed by atoms with E-state index in [1.165, 1.54) is 0 Å². The second-order valence-corrected chi connectivity index (χ2v) is 6.01. The highest BCUT2D eigenvalue weighted by atomic mass is 19.4. The molecule has 1 fully saturated rings. The summed E-state index contributed by atoms with van der Waals surface area (Å²) in [6.07, 6.45) is -3.21. The second-order valence-electron chi connectivity index (χ2n) is 6.01. The molecule has 0 saturated carbocycles. The summed E-state index contributed by atoms with van der Waals surface area (Å²) in [5.74, 6) is -1.26. The lowest BCUT2D eigenvalue weighted by Crippen LogP contribution is -2.41. The lowest BCUT2D eigenvalue weighted by Gasteiger charge is -2.33. The summed E-state index contributed by atoms with van der Waals surface area (Å²) in [4.78, 5) is 13.8. The van der Waals surface area contributed by atoms with Gasteiger partial charge in [0, 0.05) is 26.1 Å². The van der Waals surface area contributed by atoms with Crippen molar-refractivity contribution in [2.45, 2.75) is 31.4 Å². The number of rotatable bonds is 2. The van der Waals surface area contributed by atoms with Crippen molar-refractivity contribution >= 4 is 11.6 Å². The number of nitrogens with zero attached hydrogens (tertiary/aromatic N) is 2. The van der Waals surface area contributed by atoms with Crippen molar-refractivity contribution in [1.82, 2.24) is 10.3 Å². The largest absolute Gasteiger partial charge is 0.416 e. The Labute approximate surface area is 136 Å². The molecule has 1 saturated heterocycles. The minimum atomic E-state index is -4.51. The van der Waals surface area contributed by atoms with Crippen LogP contribution >= 0.6 is 0 Å².